The number of ether oxygens (including phenoxy) is 3. The number of rotatable bonds is 8. The highest BCUT2D eigenvalue weighted by molar-refractivity contribution is 5.99. The molecule has 44 heavy (non-hydrogen) atoms. The first-order valence-electron chi connectivity index (χ1n) is 14.7. The Morgan fingerprint density at radius 3 is 2.36 bits per heavy atom. The van der Waals surface area contributed by atoms with Gasteiger partial charge in [-0.15, -0.1) is 0 Å². The molecular formula is C32H36N4O8. The molecule has 0 bridgehead atoms. The number of benzene rings is 2. The molecule has 0 aromatic heterocycles. The summed E-state index contributed by atoms with van der Waals surface area (Å²) in [6.07, 6.45) is 2.63. The highest BCUT2D eigenvalue weighted by Gasteiger charge is 2.47. The van der Waals surface area contributed by atoms with Gasteiger partial charge in [-0.1, -0.05) is 60.7 Å². The smallest absolute Gasteiger partial charge is 0.410 e. The predicted molar refractivity (Wildman–Crippen MR) is 157 cm³/mol. The van der Waals surface area contributed by atoms with E-state index in [2.05, 4.69) is 10.6 Å². The lowest BCUT2D eigenvalue weighted by Gasteiger charge is -2.47. The summed E-state index contributed by atoms with van der Waals surface area (Å²) in [5, 5.41) is 5.63. The molecule has 5 atom stereocenters. The summed E-state index contributed by atoms with van der Waals surface area (Å²) in [6.45, 7) is 2.03. The molecule has 3 aliphatic rings. The van der Waals surface area contributed by atoms with Gasteiger partial charge in [0.05, 0.1) is 19.0 Å². The predicted octanol–water partition coefficient (Wildman–Crippen LogP) is 2.15. The van der Waals surface area contributed by atoms with Crippen LogP contribution in [0.5, 0.6) is 0 Å². The highest BCUT2D eigenvalue weighted by Crippen LogP contribution is 2.25. The van der Waals surface area contributed by atoms with Crippen LogP contribution >= 0.6 is 0 Å². The van der Waals surface area contributed by atoms with Crippen molar-refractivity contribution in [3.63, 3.8) is 0 Å². The maximum absolute atomic E-state index is 14.1. The monoisotopic (exact) mass is 604 g/mol. The Labute approximate surface area is 255 Å². The lowest BCUT2D eigenvalue weighted by atomic mass is 9.96. The van der Waals surface area contributed by atoms with Gasteiger partial charge < -0.3 is 34.6 Å². The summed E-state index contributed by atoms with van der Waals surface area (Å²) in [6, 6.07) is 14.3. The fourth-order valence-corrected chi connectivity index (χ4v) is 5.62. The van der Waals surface area contributed by atoms with Gasteiger partial charge in [-0.05, 0) is 37.5 Å². The number of carbonyl (C=O) groups excluding carboxylic acids is 5. The van der Waals surface area contributed by atoms with Crippen molar-refractivity contribution < 1.29 is 38.2 Å². The largest absolute Gasteiger partial charge is 0.445 e. The third-order valence-electron chi connectivity index (χ3n) is 7.78. The SMILES string of the molecule is CCOC1OC(=O)CC1NC(=O)[C@@H]1CN(C(=O)OCc2ccccc2)C[C@@H]2C/C=C\C[C@H](NC(=O)c3ccccc3)C(=O)N21. The van der Waals surface area contributed by atoms with Crippen LogP contribution in [-0.2, 0) is 35.2 Å². The number of nitrogens with zero attached hydrogens (tertiary/aromatic N) is 2. The molecule has 232 valence electrons. The van der Waals surface area contributed by atoms with E-state index in [1.54, 1.807) is 37.3 Å². The van der Waals surface area contributed by atoms with E-state index >= 15 is 0 Å². The molecule has 4 amide bonds. The van der Waals surface area contributed by atoms with Gasteiger partial charge in [0.2, 0.25) is 18.1 Å². The molecule has 0 saturated carbocycles. The first kappa shape index (κ1) is 30.7. The van der Waals surface area contributed by atoms with Gasteiger partial charge in [0.15, 0.2) is 0 Å². The third-order valence-corrected chi connectivity index (χ3v) is 7.78. The molecule has 2 fully saturated rings. The van der Waals surface area contributed by atoms with Crippen molar-refractivity contribution in [3.05, 3.63) is 83.9 Å². The summed E-state index contributed by atoms with van der Waals surface area (Å²) in [5.41, 5.74) is 1.21. The van der Waals surface area contributed by atoms with E-state index in [0.29, 0.717) is 12.0 Å². The average Bonchev–Trinajstić information content (AvgIpc) is 3.38. The van der Waals surface area contributed by atoms with Crippen molar-refractivity contribution in [3.8, 4) is 0 Å². The Balaban J connectivity index is 1.38. The minimum atomic E-state index is -1.13. The number of esters is 1. The van der Waals surface area contributed by atoms with Gasteiger partial charge in [-0.2, -0.15) is 0 Å². The molecule has 5 rings (SSSR count). The first-order valence-corrected chi connectivity index (χ1v) is 14.7. The molecule has 2 unspecified atom stereocenters. The molecule has 2 N–H and O–H groups in total. The number of cyclic esters (lactones) is 1. The van der Waals surface area contributed by atoms with Gasteiger partial charge in [0, 0.05) is 18.7 Å². The number of hydrogen-bond acceptors (Lipinski definition) is 8. The van der Waals surface area contributed by atoms with E-state index in [1.807, 2.05) is 42.5 Å². The van der Waals surface area contributed by atoms with Crippen LogP contribution in [0.3, 0.4) is 0 Å². The van der Waals surface area contributed by atoms with Gasteiger partial charge in [-0.3, -0.25) is 19.2 Å². The fourth-order valence-electron chi connectivity index (χ4n) is 5.62. The standard InChI is InChI=1S/C32H36N4O8/c1-2-42-31-25(17-27(37)44-31)34-29(39)26-19-35(32(41)43-20-21-11-5-3-6-12-21)18-23-15-9-10-16-24(30(40)36(23)26)33-28(38)22-13-7-4-8-14-22/h3-14,23-26,31H,2,15-20H2,1H3,(H,33,38)(H,34,39)/b10-9-/t23-,24-,25?,26-,31?/m0/s1. The van der Waals surface area contributed by atoms with E-state index in [-0.39, 0.29) is 39.1 Å². The van der Waals surface area contributed by atoms with Crippen molar-refractivity contribution in [1.82, 2.24) is 20.4 Å². The zero-order chi connectivity index (χ0) is 31.1. The van der Waals surface area contributed by atoms with Crippen LogP contribution in [0.25, 0.3) is 0 Å². The maximum atomic E-state index is 14.1. The normalized spacial score (nSPS) is 25.6. The Hall–Kier alpha value is -4.71. The summed E-state index contributed by atoms with van der Waals surface area (Å²) in [7, 11) is 0. The second-order valence-electron chi connectivity index (χ2n) is 10.8. The van der Waals surface area contributed by atoms with E-state index in [1.165, 1.54) is 9.80 Å². The average molecular weight is 605 g/mol. The molecule has 3 heterocycles. The topological polar surface area (TPSA) is 144 Å². The summed E-state index contributed by atoms with van der Waals surface area (Å²) in [5.74, 6) is -1.95. The van der Waals surface area contributed by atoms with E-state index in [9.17, 15) is 24.0 Å². The number of nitrogens with one attached hydrogen (secondary N) is 2. The molecule has 0 spiro atoms. The van der Waals surface area contributed by atoms with Crippen molar-refractivity contribution >= 4 is 29.8 Å². The zero-order valence-corrected chi connectivity index (χ0v) is 24.4. The van der Waals surface area contributed by atoms with Crippen LogP contribution in [0.15, 0.2) is 72.8 Å². The summed E-state index contributed by atoms with van der Waals surface area (Å²) >= 11 is 0. The van der Waals surface area contributed by atoms with Crippen LogP contribution in [0, 0.1) is 0 Å². The highest BCUT2D eigenvalue weighted by atomic mass is 16.7. The number of piperazine rings is 1. The number of hydrogen-bond donors (Lipinski definition) is 2. The maximum Gasteiger partial charge on any atom is 0.410 e. The van der Waals surface area contributed by atoms with E-state index < -0.39 is 60.2 Å². The molecular weight excluding hydrogens is 568 g/mol. The number of amides is 4. The van der Waals surface area contributed by atoms with Crippen LogP contribution in [-0.4, -0.2) is 89.7 Å². The number of fused-ring (bicyclic) bond motifs is 1. The van der Waals surface area contributed by atoms with Crippen molar-refractivity contribution in [2.24, 2.45) is 0 Å². The zero-order valence-electron chi connectivity index (χ0n) is 24.4. The summed E-state index contributed by atoms with van der Waals surface area (Å²) in [4.78, 5) is 69.2. The molecule has 2 aromatic carbocycles. The first-order chi connectivity index (χ1) is 21.3. The number of carbonyl (C=O) groups is 5. The van der Waals surface area contributed by atoms with Crippen LogP contribution in [0.1, 0.15) is 42.1 Å². The van der Waals surface area contributed by atoms with Gasteiger partial charge >= 0.3 is 12.1 Å². The second-order valence-corrected chi connectivity index (χ2v) is 10.8. The molecule has 0 aliphatic carbocycles. The minimum absolute atomic E-state index is 0.0470. The van der Waals surface area contributed by atoms with E-state index in [0.717, 1.165) is 5.56 Å². The second kappa shape index (κ2) is 14.2. The molecule has 0 radical (unpaired) electrons. The van der Waals surface area contributed by atoms with Gasteiger partial charge in [0.1, 0.15) is 24.7 Å². The van der Waals surface area contributed by atoms with Crippen LogP contribution in [0.2, 0.25) is 0 Å². The Morgan fingerprint density at radius 2 is 1.64 bits per heavy atom. The van der Waals surface area contributed by atoms with Crippen molar-refractivity contribution in [1.29, 1.82) is 0 Å². The van der Waals surface area contributed by atoms with Crippen molar-refractivity contribution in [2.45, 2.75) is 63.3 Å². The lowest BCUT2D eigenvalue weighted by Crippen LogP contribution is -2.68. The van der Waals surface area contributed by atoms with E-state index in [4.69, 9.17) is 14.2 Å². The Bertz CT molecular complexity index is 1390. The Morgan fingerprint density at radius 1 is 0.932 bits per heavy atom. The molecule has 3 aliphatic heterocycles. The molecule has 12 nitrogen and oxygen atoms in total. The van der Waals surface area contributed by atoms with Gasteiger partial charge in [-0.25, -0.2) is 4.79 Å². The fraction of sp³-hybridized carbons (Fsp3) is 0.406. The molecule has 2 saturated heterocycles. The van der Waals surface area contributed by atoms with Crippen LogP contribution < -0.4 is 10.6 Å². The quantitative estimate of drug-likeness (QED) is 0.345. The Kier molecular flexibility index (Phi) is 9.90. The lowest BCUT2D eigenvalue weighted by molar-refractivity contribution is -0.165. The molecule has 12 heteroatoms. The summed E-state index contributed by atoms with van der Waals surface area (Å²) < 4.78 is 16.3. The van der Waals surface area contributed by atoms with Crippen LogP contribution in [0.4, 0.5) is 4.79 Å². The molecule has 2 aromatic rings. The third kappa shape index (κ3) is 7.25. The van der Waals surface area contributed by atoms with Gasteiger partial charge in [0.25, 0.3) is 5.91 Å². The minimum Gasteiger partial charge on any atom is -0.445 e. The van der Waals surface area contributed by atoms with Crippen molar-refractivity contribution in [2.75, 3.05) is 19.7 Å².